The number of pyridine rings is 1. The molecule has 0 unspecified atom stereocenters. The SMILES string of the molecule is C[C@@H]1CN(c2cc(N3C[C@@H]4C[C@@H]4[C@@H]3Cc3ccccc3)[nH]c(=O)c2)CCO1. The molecule has 3 heterocycles. The number of piperidine rings is 1. The van der Waals surface area contributed by atoms with E-state index in [-0.39, 0.29) is 11.7 Å². The van der Waals surface area contributed by atoms with Crippen LogP contribution in [-0.2, 0) is 11.2 Å². The second-order valence-corrected chi connectivity index (χ2v) is 8.28. The van der Waals surface area contributed by atoms with E-state index in [9.17, 15) is 4.79 Å². The summed E-state index contributed by atoms with van der Waals surface area (Å²) in [6.07, 6.45) is 2.58. The van der Waals surface area contributed by atoms with E-state index in [2.05, 4.69) is 58.1 Å². The molecule has 27 heavy (non-hydrogen) atoms. The van der Waals surface area contributed by atoms with Gasteiger partial charge in [0.15, 0.2) is 0 Å². The van der Waals surface area contributed by atoms with Gasteiger partial charge < -0.3 is 19.5 Å². The van der Waals surface area contributed by atoms with Crippen molar-refractivity contribution in [3.63, 3.8) is 0 Å². The Labute approximate surface area is 159 Å². The molecular weight excluding hydrogens is 338 g/mol. The van der Waals surface area contributed by atoms with Crippen molar-refractivity contribution in [2.75, 3.05) is 36.0 Å². The molecule has 5 heteroatoms. The van der Waals surface area contributed by atoms with Crippen molar-refractivity contribution in [3.05, 3.63) is 58.4 Å². The summed E-state index contributed by atoms with van der Waals surface area (Å²) in [5.74, 6) is 2.53. The van der Waals surface area contributed by atoms with Gasteiger partial charge >= 0.3 is 0 Å². The molecule has 0 bridgehead atoms. The number of aromatic nitrogens is 1. The number of aromatic amines is 1. The Morgan fingerprint density at radius 1 is 1.19 bits per heavy atom. The molecule has 1 aliphatic carbocycles. The van der Waals surface area contributed by atoms with Crippen LogP contribution in [0.15, 0.2) is 47.3 Å². The van der Waals surface area contributed by atoms with E-state index in [1.807, 2.05) is 0 Å². The highest BCUT2D eigenvalue weighted by atomic mass is 16.5. The normalized spacial score (nSPS) is 29.7. The number of hydrogen-bond donors (Lipinski definition) is 1. The van der Waals surface area contributed by atoms with E-state index in [0.29, 0.717) is 12.6 Å². The van der Waals surface area contributed by atoms with Gasteiger partial charge in [0, 0.05) is 43.5 Å². The summed E-state index contributed by atoms with van der Waals surface area (Å²) in [6, 6.07) is 15.1. The minimum absolute atomic E-state index is 0.0133. The van der Waals surface area contributed by atoms with Crippen LogP contribution in [0.1, 0.15) is 18.9 Å². The van der Waals surface area contributed by atoms with Crippen molar-refractivity contribution in [1.29, 1.82) is 0 Å². The van der Waals surface area contributed by atoms with Gasteiger partial charge in [-0.2, -0.15) is 0 Å². The third kappa shape index (κ3) is 3.36. The number of fused-ring (bicyclic) bond motifs is 1. The van der Waals surface area contributed by atoms with E-state index < -0.39 is 0 Å². The van der Waals surface area contributed by atoms with Crippen LogP contribution in [0.25, 0.3) is 0 Å². The maximum Gasteiger partial charge on any atom is 0.251 e. The highest BCUT2D eigenvalue weighted by Crippen LogP contribution is 2.51. The van der Waals surface area contributed by atoms with Crippen LogP contribution in [-0.4, -0.2) is 43.4 Å². The minimum Gasteiger partial charge on any atom is -0.375 e. The number of ether oxygens (including phenoxy) is 1. The first-order chi connectivity index (χ1) is 13.2. The third-order valence-electron chi connectivity index (χ3n) is 6.32. The van der Waals surface area contributed by atoms with Gasteiger partial charge in [0.05, 0.1) is 12.7 Å². The molecule has 1 N–H and O–H groups in total. The summed E-state index contributed by atoms with van der Waals surface area (Å²) >= 11 is 0. The van der Waals surface area contributed by atoms with Crippen molar-refractivity contribution < 1.29 is 4.74 Å². The van der Waals surface area contributed by atoms with Crippen LogP contribution in [0, 0.1) is 11.8 Å². The lowest BCUT2D eigenvalue weighted by Crippen LogP contribution is -2.42. The van der Waals surface area contributed by atoms with Crippen molar-refractivity contribution in [3.8, 4) is 0 Å². The largest absolute Gasteiger partial charge is 0.375 e. The maximum atomic E-state index is 12.4. The number of nitrogens with zero attached hydrogens (tertiary/aromatic N) is 2. The Balaban J connectivity index is 1.42. The monoisotopic (exact) mass is 365 g/mol. The second kappa shape index (κ2) is 6.71. The van der Waals surface area contributed by atoms with Gasteiger partial charge in [0.2, 0.25) is 0 Å². The van der Waals surface area contributed by atoms with Gasteiger partial charge in [-0.25, -0.2) is 0 Å². The fraction of sp³-hybridized carbons (Fsp3) is 0.500. The predicted octanol–water partition coefficient (Wildman–Crippen LogP) is 2.67. The van der Waals surface area contributed by atoms with Crippen LogP contribution >= 0.6 is 0 Å². The average Bonchev–Trinajstić information content (AvgIpc) is 3.36. The van der Waals surface area contributed by atoms with E-state index >= 15 is 0 Å². The Morgan fingerprint density at radius 3 is 2.85 bits per heavy atom. The molecule has 2 saturated heterocycles. The Morgan fingerprint density at radius 2 is 2.04 bits per heavy atom. The molecule has 0 spiro atoms. The molecule has 3 fully saturated rings. The molecular formula is C22H27N3O2. The summed E-state index contributed by atoms with van der Waals surface area (Å²) in [5, 5.41) is 0. The molecule has 142 valence electrons. The van der Waals surface area contributed by atoms with Crippen molar-refractivity contribution in [2.24, 2.45) is 11.8 Å². The maximum absolute atomic E-state index is 12.4. The summed E-state index contributed by atoms with van der Waals surface area (Å²) in [4.78, 5) is 20.2. The van der Waals surface area contributed by atoms with Crippen molar-refractivity contribution >= 4 is 11.5 Å². The highest BCUT2D eigenvalue weighted by Gasteiger charge is 2.52. The first kappa shape index (κ1) is 16.9. The van der Waals surface area contributed by atoms with Crippen molar-refractivity contribution in [2.45, 2.75) is 31.9 Å². The number of anilines is 2. The number of hydrogen-bond acceptors (Lipinski definition) is 4. The fourth-order valence-electron chi connectivity index (χ4n) is 4.87. The van der Waals surface area contributed by atoms with E-state index in [1.54, 1.807) is 6.07 Å². The Kier molecular flexibility index (Phi) is 4.20. The lowest BCUT2D eigenvalue weighted by atomic mass is 10.0. The van der Waals surface area contributed by atoms with E-state index in [1.165, 1.54) is 12.0 Å². The standard InChI is InChI=1S/C22H27N3O2/c1-15-13-24(7-8-27-15)18-11-21(23-22(26)12-18)25-14-17-10-19(17)20(25)9-16-5-3-2-4-6-16/h2-6,11-12,15,17,19-20H,7-10,13-14H2,1H3,(H,23,26)/t15-,17+,19+,20+/m1/s1. The zero-order chi connectivity index (χ0) is 18.4. The first-order valence-electron chi connectivity index (χ1n) is 10.1. The van der Waals surface area contributed by atoms with E-state index in [4.69, 9.17) is 4.74 Å². The lowest BCUT2D eigenvalue weighted by molar-refractivity contribution is 0.0532. The zero-order valence-electron chi connectivity index (χ0n) is 15.8. The Hall–Kier alpha value is -2.27. The molecule has 2 aliphatic heterocycles. The summed E-state index contributed by atoms with van der Waals surface area (Å²) in [6.45, 7) is 5.53. The summed E-state index contributed by atoms with van der Waals surface area (Å²) < 4.78 is 5.66. The van der Waals surface area contributed by atoms with Gasteiger partial charge in [0.25, 0.3) is 5.56 Å². The van der Waals surface area contributed by atoms with Gasteiger partial charge in [0.1, 0.15) is 5.82 Å². The molecule has 2 aromatic rings. The quantitative estimate of drug-likeness (QED) is 0.905. The van der Waals surface area contributed by atoms with Crippen LogP contribution in [0.3, 0.4) is 0 Å². The molecule has 3 aliphatic rings. The number of benzene rings is 1. The van der Waals surface area contributed by atoms with E-state index in [0.717, 1.165) is 49.4 Å². The van der Waals surface area contributed by atoms with Gasteiger partial charge in [-0.05, 0) is 37.2 Å². The molecule has 4 atom stereocenters. The number of H-pyrrole nitrogens is 1. The van der Waals surface area contributed by atoms with Crippen LogP contribution < -0.4 is 15.4 Å². The molecule has 0 radical (unpaired) electrons. The highest BCUT2D eigenvalue weighted by molar-refractivity contribution is 5.57. The fourth-order valence-corrected chi connectivity index (χ4v) is 4.87. The molecule has 1 saturated carbocycles. The molecule has 1 aromatic heterocycles. The smallest absolute Gasteiger partial charge is 0.251 e. The topological polar surface area (TPSA) is 48.6 Å². The average molecular weight is 365 g/mol. The second-order valence-electron chi connectivity index (χ2n) is 8.28. The first-order valence-corrected chi connectivity index (χ1v) is 10.1. The molecule has 5 rings (SSSR count). The van der Waals surface area contributed by atoms with Gasteiger partial charge in [-0.15, -0.1) is 0 Å². The number of nitrogens with one attached hydrogen (secondary N) is 1. The Bertz CT molecular complexity index is 865. The van der Waals surface area contributed by atoms with Crippen molar-refractivity contribution in [1.82, 2.24) is 4.98 Å². The molecule has 0 amide bonds. The van der Waals surface area contributed by atoms with Gasteiger partial charge in [-0.1, -0.05) is 30.3 Å². The summed E-state index contributed by atoms with van der Waals surface area (Å²) in [5.41, 5.74) is 2.38. The predicted molar refractivity (Wildman–Crippen MR) is 108 cm³/mol. The molecule has 1 aromatic carbocycles. The van der Waals surface area contributed by atoms with Crippen LogP contribution in [0.2, 0.25) is 0 Å². The summed E-state index contributed by atoms with van der Waals surface area (Å²) in [7, 11) is 0. The van der Waals surface area contributed by atoms with Crippen LogP contribution in [0.4, 0.5) is 11.5 Å². The molecule has 5 nitrogen and oxygen atoms in total. The van der Waals surface area contributed by atoms with Gasteiger partial charge in [-0.3, -0.25) is 4.79 Å². The number of morpholine rings is 1. The third-order valence-corrected chi connectivity index (χ3v) is 6.32. The minimum atomic E-state index is -0.0133. The lowest BCUT2D eigenvalue weighted by Gasteiger charge is -2.34. The number of rotatable bonds is 4. The van der Waals surface area contributed by atoms with Crippen LogP contribution in [0.5, 0.6) is 0 Å². The zero-order valence-corrected chi connectivity index (χ0v) is 15.8.